The van der Waals surface area contributed by atoms with E-state index in [1.54, 1.807) is 24.4 Å². The van der Waals surface area contributed by atoms with Crippen molar-refractivity contribution < 1.29 is 32.6 Å². The minimum absolute atomic E-state index is 0.123. The standard InChI is InChI=1S/C23H20F2N4O5/c1-4-34-22(31)23(24,25)19-8-5-14(11-26-19)29-12-17-15(21(29)30)6-7-16(28-17)13-9-18(32-2)20(33-3)27-10-13/h5-11H,4,12H2,1-3H3. The minimum Gasteiger partial charge on any atom is -0.491 e. The van der Waals surface area contributed by atoms with Gasteiger partial charge in [-0.15, -0.1) is 0 Å². The van der Waals surface area contributed by atoms with Gasteiger partial charge in [-0.1, -0.05) is 0 Å². The van der Waals surface area contributed by atoms with Crippen molar-refractivity contribution in [1.82, 2.24) is 15.0 Å². The number of nitrogens with zero attached hydrogens (tertiary/aromatic N) is 4. The number of methoxy groups -OCH3 is 2. The highest BCUT2D eigenvalue weighted by Crippen LogP contribution is 2.33. The number of hydrogen-bond donors (Lipinski definition) is 0. The fraction of sp³-hybridized carbons (Fsp3) is 0.261. The number of anilines is 1. The molecule has 0 saturated heterocycles. The van der Waals surface area contributed by atoms with Crippen LogP contribution in [0.3, 0.4) is 0 Å². The maximum Gasteiger partial charge on any atom is 0.384 e. The summed E-state index contributed by atoms with van der Waals surface area (Å²) in [6, 6.07) is 7.36. The van der Waals surface area contributed by atoms with E-state index in [9.17, 15) is 18.4 Å². The summed E-state index contributed by atoms with van der Waals surface area (Å²) in [7, 11) is 2.98. The van der Waals surface area contributed by atoms with Crippen molar-refractivity contribution in [3.63, 3.8) is 0 Å². The zero-order valence-electron chi connectivity index (χ0n) is 18.5. The molecule has 0 aromatic carbocycles. The lowest BCUT2D eigenvalue weighted by atomic mass is 10.1. The molecule has 0 spiro atoms. The highest BCUT2D eigenvalue weighted by Gasteiger charge is 2.44. The second kappa shape index (κ2) is 9.00. The summed E-state index contributed by atoms with van der Waals surface area (Å²) < 4.78 is 43.2. The van der Waals surface area contributed by atoms with Gasteiger partial charge >= 0.3 is 11.9 Å². The Bertz CT molecular complexity index is 1250. The van der Waals surface area contributed by atoms with Crippen LogP contribution in [0.15, 0.2) is 42.7 Å². The molecule has 9 nitrogen and oxygen atoms in total. The summed E-state index contributed by atoms with van der Waals surface area (Å²) in [5.41, 5.74) is 1.67. The van der Waals surface area contributed by atoms with Gasteiger partial charge in [0.2, 0.25) is 0 Å². The molecule has 11 heteroatoms. The van der Waals surface area contributed by atoms with Crippen molar-refractivity contribution in [3.8, 4) is 22.9 Å². The third-order valence-corrected chi connectivity index (χ3v) is 5.20. The third-order valence-electron chi connectivity index (χ3n) is 5.20. The Morgan fingerprint density at radius 2 is 1.91 bits per heavy atom. The van der Waals surface area contributed by atoms with Crippen LogP contribution in [0.25, 0.3) is 11.3 Å². The van der Waals surface area contributed by atoms with Crippen LogP contribution in [-0.4, -0.2) is 47.7 Å². The van der Waals surface area contributed by atoms with Gasteiger partial charge in [0, 0.05) is 11.8 Å². The number of pyridine rings is 3. The summed E-state index contributed by atoms with van der Waals surface area (Å²) in [6.45, 7) is 1.38. The van der Waals surface area contributed by atoms with E-state index in [4.69, 9.17) is 9.47 Å². The van der Waals surface area contributed by atoms with Crippen LogP contribution in [0.2, 0.25) is 0 Å². The molecule has 176 valence electrons. The van der Waals surface area contributed by atoms with Gasteiger partial charge in [0.25, 0.3) is 11.8 Å². The van der Waals surface area contributed by atoms with E-state index in [1.807, 2.05) is 0 Å². The Hall–Kier alpha value is -4.15. The SMILES string of the molecule is CCOC(=O)C(F)(F)c1ccc(N2Cc3nc(-c4cnc(OC)c(OC)c4)ccc3C2=O)cn1. The zero-order chi connectivity index (χ0) is 24.5. The number of carbonyl (C=O) groups is 2. The Balaban J connectivity index is 1.58. The molecule has 0 bridgehead atoms. The number of fused-ring (bicyclic) bond motifs is 1. The number of halogens is 2. The molecule has 0 unspecified atom stereocenters. The van der Waals surface area contributed by atoms with Gasteiger partial charge in [-0.2, -0.15) is 8.78 Å². The van der Waals surface area contributed by atoms with E-state index in [-0.39, 0.29) is 19.1 Å². The zero-order valence-corrected chi connectivity index (χ0v) is 18.5. The van der Waals surface area contributed by atoms with Gasteiger partial charge in [0.1, 0.15) is 5.69 Å². The highest BCUT2D eigenvalue weighted by atomic mass is 19.3. The fourth-order valence-electron chi connectivity index (χ4n) is 3.48. The largest absolute Gasteiger partial charge is 0.491 e. The first-order valence-electron chi connectivity index (χ1n) is 10.2. The van der Waals surface area contributed by atoms with E-state index in [2.05, 4.69) is 19.7 Å². The van der Waals surface area contributed by atoms with E-state index in [0.29, 0.717) is 39.8 Å². The highest BCUT2D eigenvalue weighted by molar-refractivity contribution is 6.09. The van der Waals surface area contributed by atoms with Crippen LogP contribution in [-0.2, 0) is 22.0 Å². The van der Waals surface area contributed by atoms with Gasteiger partial charge < -0.3 is 19.1 Å². The Kier molecular flexibility index (Phi) is 6.10. The lowest BCUT2D eigenvalue weighted by molar-refractivity contribution is -0.173. The first-order valence-corrected chi connectivity index (χ1v) is 10.2. The minimum atomic E-state index is -3.89. The van der Waals surface area contributed by atoms with Crippen LogP contribution in [0.4, 0.5) is 14.5 Å². The predicted octanol–water partition coefficient (Wildman–Crippen LogP) is 3.37. The maximum absolute atomic E-state index is 14.2. The van der Waals surface area contributed by atoms with Crippen LogP contribution < -0.4 is 14.4 Å². The van der Waals surface area contributed by atoms with Gasteiger partial charge in [0.15, 0.2) is 5.75 Å². The molecule has 3 aromatic rings. The monoisotopic (exact) mass is 470 g/mol. The third kappa shape index (κ3) is 4.00. The first kappa shape index (κ1) is 23.0. The number of aromatic nitrogens is 3. The molecule has 0 aliphatic carbocycles. The maximum atomic E-state index is 14.2. The smallest absolute Gasteiger partial charge is 0.384 e. The van der Waals surface area contributed by atoms with E-state index < -0.39 is 17.6 Å². The van der Waals surface area contributed by atoms with Crippen molar-refractivity contribution in [1.29, 1.82) is 0 Å². The fourth-order valence-corrected chi connectivity index (χ4v) is 3.48. The lowest BCUT2D eigenvalue weighted by Gasteiger charge is -2.17. The van der Waals surface area contributed by atoms with Gasteiger partial charge in [-0.3, -0.25) is 14.8 Å². The average molecular weight is 470 g/mol. The molecule has 4 heterocycles. The molecule has 0 saturated carbocycles. The van der Waals surface area contributed by atoms with Crippen molar-refractivity contribution in [2.24, 2.45) is 0 Å². The molecular formula is C23H20F2N4O5. The Labute approximate surface area is 193 Å². The number of ether oxygens (including phenoxy) is 3. The van der Waals surface area contributed by atoms with Gasteiger partial charge in [-0.05, 0) is 37.3 Å². The molecular weight excluding hydrogens is 450 g/mol. The Morgan fingerprint density at radius 1 is 1.12 bits per heavy atom. The quantitative estimate of drug-likeness (QED) is 0.484. The first-order chi connectivity index (χ1) is 16.3. The molecule has 0 N–H and O–H groups in total. The second-order valence-corrected chi connectivity index (χ2v) is 7.21. The number of esters is 1. The van der Waals surface area contributed by atoms with Crippen LogP contribution in [0.5, 0.6) is 11.6 Å². The summed E-state index contributed by atoms with van der Waals surface area (Å²) in [6.07, 6.45) is 2.70. The number of alkyl halides is 2. The van der Waals surface area contributed by atoms with Crippen LogP contribution >= 0.6 is 0 Å². The number of hydrogen-bond acceptors (Lipinski definition) is 8. The van der Waals surface area contributed by atoms with Crippen molar-refractivity contribution in [3.05, 3.63) is 59.7 Å². The van der Waals surface area contributed by atoms with Gasteiger partial charge in [0.05, 0.1) is 56.2 Å². The molecule has 1 aliphatic rings. The molecule has 34 heavy (non-hydrogen) atoms. The molecule has 1 amide bonds. The Morgan fingerprint density at radius 3 is 2.56 bits per heavy atom. The average Bonchev–Trinajstić information content (AvgIpc) is 3.19. The number of carbonyl (C=O) groups excluding carboxylic acids is 2. The topological polar surface area (TPSA) is 104 Å². The van der Waals surface area contributed by atoms with Crippen molar-refractivity contribution >= 4 is 17.6 Å². The molecule has 1 aliphatic heterocycles. The number of rotatable bonds is 7. The van der Waals surface area contributed by atoms with Gasteiger partial charge in [-0.25, -0.2) is 9.78 Å². The van der Waals surface area contributed by atoms with E-state index >= 15 is 0 Å². The van der Waals surface area contributed by atoms with Crippen molar-refractivity contribution in [2.45, 2.75) is 19.4 Å². The molecule has 0 radical (unpaired) electrons. The molecule has 4 rings (SSSR count). The number of amides is 1. The second-order valence-electron chi connectivity index (χ2n) is 7.21. The normalized spacial score (nSPS) is 13.0. The molecule has 0 fully saturated rings. The summed E-state index contributed by atoms with van der Waals surface area (Å²) >= 11 is 0. The van der Waals surface area contributed by atoms with E-state index in [1.165, 1.54) is 32.1 Å². The summed E-state index contributed by atoms with van der Waals surface area (Å²) in [5.74, 6) is -5.15. The summed E-state index contributed by atoms with van der Waals surface area (Å²) in [4.78, 5) is 38.3. The van der Waals surface area contributed by atoms with E-state index in [0.717, 1.165) is 12.3 Å². The lowest BCUT2D eigenvalue weighted by Crippen LogP contribution is -2.29. The van der Waals surface area contributed by atoms with Crippen molar-refractivity contribution in [2.75, 3.05) is 25.7 Å². The van der Waals surface area contributed by atoms with Crippen LogP contribution in [0, 0.1) is 0 Å². The molecule has 3 aromatic heterocycles. The molecule has 0 atom stereocenters. The predicted molar refractivity (Wildman–Crippen MR) is 116 cm³/mol. The summed E-state index contributed by atoms with van der Waals surface area (Å²) in [5, 5.41) is 0. The van der Waals surface area contributed by atoms with Crippen LogP contribution in [0.1, 0.15) is 28.7 Å².